The molecule has 2 heterocycles. The first-order chi connectivity index (χ1) is 23.2. The van der Waals surface area contributed by atoms with Crippen LogP contribution in [0.15, 0.2) is 102 Å². The van der Waals surface area contributed by atoms with Gasteiger partial charge in [0, 0.05) is 28.1 Å². The van der Waals surface area contributed by atoms with Crippen molar-refractivity contribution in [2.24, 2.45) is 0 Å². The summed E-state index contributed by atoms with van der Waals surface area (Å²) in [5.74, 6) is 1.11. The number of methoxy groups -OCH3 is 1. The highest BCUT2D eigenvalue weighted by molar-refractivity contribution is 7.91. The molecule has 0 bridgehead atoms. The second kappa shape index (κ2) is 14.7. The minimum Gasteiger partial charge on any atom is -0.496 e. The van der Waals surface area contributed by atoms with Crippen molar-refractivity contribution in [1.29, 1.82) is 0 Å². The summed E-state index contributed by atoms with van der Waals surface area (Å²) in [7, 11) is -1.87. The van der Waals surface area contributed by atoms with Crippen LogP contribution in [0, 0.1) is 5.82 Å². The fourth-order valence-electron chi connectivity index (χ4n) is 4.92. The van der Waals surface area contributed by atoms with Gasteiger partial charge in [-0.05, 0) is 61.0 Å². The van der Waals surface area contributed by atoms with Crippen LogP contribution in [0.1, 0.15) is 23.6 Å². The Morgan fingerprint density at radius 1 is 0.979 bits per heavy atom. The summed E-state index contributed by atoms with van der Waals surface area (Å²) in [6.45, 7) is 2.04. The topological polar surface area (TPSA) is 113 Å². The molecular weight excluding hydrogens is 675 g/mol. The zero-order valence-corrected chi connectivity index (χ0v) is 28.3. The molecule has 1 unspecified atom stereocenters. The van der Waals surface area contributed by atoms with E-state index in [0.29, 0.717) is 49.8 Å². The average molecular weight is 705 g/mol. The standard InChI is InChI=1S/C35H30ClFN4O5S2/c1-22(45-13-14-48(42,43)26-9-4-3-5-10-26)35-41-31(20-47-35)27-17-28-30(18-33(27)44-2)38-21-39-34(28)40-25-11-12-32(29(36)16-25)46-19-23-7-6-8-24(37)15-23/h3-12,15-18,20-22H,13-14,19H2,1-2H3,(H,38,39,40). The predicted octanol–water partition coefficient (Wildman–Crippen LogP) is 8.43. The Morgan fingerprint density at radius 2 is 1.81 bits per heavy atom. The Hall–Kier alpha value is -4.62. The molecule has 13 heteroatoms. The summed E-state index contributed by atoms with van der Waals surface area (Å²) in [5.41, 5.74) is 3.41. The van der Waals surface area contributed by atoms with Crippen LogP contribution in [0.5, 0.6) is 11.5 Å². The number of nitrogens with zero attached hydrogens (tertiary/aromatic N) is 3. The molecule has 0 saturated carbocycles. The van der Waals surface area contributed by atoms with Gasteiger partial charge in [0.25, 0.3) is 0 Å². The van der Waals surface area contributed by atoms with Gasteiger partial charge in [-0.25, -0.2) is 27.8 Å². The molecule has 1 atom stereocenters. The van der Waals surface area contributed by atoms with E-state index in [0.717, 1.165) is 10.9 Å². The van der Waals surface area contributed by atoms with Crippen LogP contribution in [-0.4, -0.2) is 42.8 Å². The van der Waals surface area contributed by atoms with Gasteiger partial charge in [0.1, 0.15) is 47.2 Å². The van der Waals surface area contributed by atoms with Crippen molar-refractivity contribution in [1.82, 2.24) is 15.0 Å². The first kappa shape index (κ1) is 33.3. The minimum atomic E-state index is -3.45. The van der Waals surface area contributed by atoms with Gasteiger partial charge in [0.05, 0.1) is 40.6 Å². The number of benzene rings is 4. The molecule has 2 aromatic heterocycles. The van der Waals surface area contributed by atoms with E-state index in [4.69, 9.17) is 30.8 Å². The lowest BCUT2D eigenvalue weighted by Gasteiger charge is -2.14. The summed E-state index contributed by atoms with van der Waals surface area (Å²) < 4.78 is 56.2. The first-order valence-corrected chi connectivity index (χ1v) is 17.7. The highest BCUT2D eigenvalue weighted by atomic mass is 35.5. The zero-order chi connectivity index (χ0) is 33.7. The minimum absolute atomic E-state index is 0.0309. The number of hydrogen-bond acceptors (Lipinski definition) is 10. The first-order valence-electron chi connectivity index (χ1n) is 14.8. The number of rotatable bonds is 13. The molecule has 0 radical (unpaired) electrons. The van der Waals surface area contributed by atoms with Gasteiger partial charge in [-0.15, -0.1) is 11.3 Å². The fraction of sp³-hybridized carbons (Fsp3) is 0.171. The van der Waals surface area contributed by atoms with Gasteiger partial charge in [-0.3, -0.25) is 0 Å². The number of thiazole rings is 1. The van der Waals surface area contributed by atoms with E-state index in [1.54, 1.807) is 61.7 Å². The summed E-state index contributed by atoms with van der Waals surface area (Å²) in [4.78, 5) is 14.0. The van der Waals surface area contributed by atoms with E-state index >= 15 is 0 Å². The van der Waals surface area contributed by atoms with Crippen LogP contribution in [-0.2, 0) is 21.2 Å². The number of nitrogens with one attached hydrogen (secondary N) is 1. The maximum Gasteiger partial charge on any atom is 0.180 e. The van der Waals surface area contributed by atoms with Crippen LogP contribution in [0.3, 0.4) is 0 Å². The number of sulfone groups is 1. The Balaban J connectivity index is 1.18. The smallest absolute Gasteiger partial charge is 0.180 e. The highest BCUT2D eigenvalue weighted by Gasteiger charge is 2.19. The highest BCUT2D eigenvalue weighted by Crippen LogP contribution is 2.38. The lowest BCUT2D eigenvalue weighted by molar-refractivity contribution is 0.0775. The van der Waals surface area contributed by atoms with Gasteiger partial charge in [-0.2, -0.15) is 0 Å². The molecule has 6 aromatic rings. The molecule has 0 aliphatic rings. The van der Waals surface area contributed by atoms with E-state index in [1.807, 2.05) is 30.5 Å². The third kappa shape index (κ3) is 7.74. The van der Waals surface area contributed by atoms with Crippen molar-refractivity contribution in [3.05, 3.63) is 118 Å². The van der Waals surface area contributed by atoms with Crippen LogP contribution in [0.4, 0.5) is 15.9 Å². The predicted molar refractivity (Wildman–Crippen MR) is 186 cm³/mol. The summed E-state index contributed by atoms with van der Waals surface area (Å²) in [5, 5.41) is 7.01. The third-order valence-corrected chi connectivity index (χ3v) is 10.4. The van der Waals surface area contributed by atoms with Crippen LogP contribution >= 0.6 is 22.9 Å². The summed E-state index contributed by atoms with van der Waals surface area (Å²) in [6.07, 6.45) is 1.03. The largest absolute Gasteiger partial charge is 0.496 e. The van der Waals surface area contributed by atoms with E-state index < -0.39 is 15.9 Å². The van der Waals surface area contributed by atoms with Crippen LogP contribution in [0.25, 0.3) is 22.2 Å². The number of aromatic nitrogens is 3. The van der Waals surface area contributed by atoms with Crippen LogP contribution < -0.4 is 14.8 Å². The molecule has 0 saturated heterocycles. The maximum atomic E-state index is 13.5. The SMILES string of the molecule is COc1cc2ncnc(Nc3ccc(OCc4cccc(F)c4)c(Cl)c3)c2cc1-c1csc(C(C)OCCS(=O)(=O)c2ccccc2)n1. The van der Waals surface area contributed by atoms with Gasteiger partial charge in [0.2, 0.25) is 0 Å². The van der Waals surface area contributed by atoms with Crippen molar-refractivity contribution >= 4 is 55.2 Å². The monoisotopic (exact) mass is 704 g/mol. The van der Waals surface area contributed by atoms with Crippen molar-refractivity contribution < 1.29 is 27.0 Å². The Kier molecular flexibility index (Phi) is 10.2. The molecule has 246 valence electrons. The molecular formula is C35H30ClFN4O5S2. The number of anilines is 2. The number of hydrogen-bond donors (Lipinski definition) is 1. The Labute approximate surface area is 286 Å². The van der Waals surface area contributed by atoms with Gasteiger partial charge in [-0.1, -0.05) is 41.9 Å². The molecule has 0 amide bonds. The van der Waals surface area contributed by atoms with E-state index in [9.17, 15) is 12.8 Å². The van der Waals surface area contributed by atoms with Gasteiger partial charge in [0.15, 0.2) is 9.84 Å². The Bertz CT molecular complexity index is 2170. The van der Waals surface area contributed by atoms with Crippen molar-refractivity contribution in [2.45, 2.75) is 24.5 Å². The average Bonchev–Trinajstić information content (AvgIpc) is 3.58. The summed E-state index contributed by atoms with van der Waals surface area (Å²) in [6, 6.07) is 23.5. The molecule has 48 heavy (non-hydrogen) atoms. The summed E-state index contributed by atoms with van der Waals surface area (Å²) >= 11 is 7.94. The molecule has 0 spiro atoms. The molecule has 0 aliphatic heterocycles. The quantitative estimate of drug-likeness (QED) is 0.127. The molecule has 0 aliphatic carbocycles. The van der Waals surface area contributed by atoms with Crippen molar-refractivity contribution in [2.75, 3.05) is 24.8 Å². The molecule has 4 aromatic carbocycles. The second-order valence-electron chi connectivity index (χ2n) is 10.7. The van der Waals surface area contributed by atoms with Crippen molar-refractivity contribution in [3.8, 4) is 22.8 Å². The van der Waals surface area contributed by atoms with E-state index in [1.165, 1.54) is 29.8 Å². The lowest BCUT2D eigenvalue weighted by atomic mass is 10.1. The molecule has 6 rings (SSSR count). The fourth-order valence-corrected chi connectivity index (χ4v) is 7.10. The van der Waals surface area contributed by atoms with E-state index in [2.05, 4.69) is 15.3 Å². The molecule has 1 N–H and O–H groups in total. The zero-order valence-electron chi connectivity index (χ0n) is 25.9. The molecule has 9 nitrogen and oxygen atoms in total. The van der Waals surface area contributed by atoms with Gasteiger partial charge >= 0.3 is 0 Å². The van der Waals surface area contributed by atoms with Crippen molar-refractivity contribution in [3.63, 3.8) is 0 Å². The third-order valence-electron chi connectivity index (χ3n) is 7.40. The number of ether oxygens (including phenoxy) is 3. The number of fused-ring (bicyclic) bond motifs is 1. The lowest BCUT2D eigenvalue weighted by Crippen LogP contribution is -2.14. The van der Waals surface area contributed by atoms with E-state index in [-0.39, 0.29) is 29.7 Å². The normalized spacial score (nSPS) is 12.2. The second-order valence-corrected chi connectivity index (χ2v) is 14.1. The maximum absolute atomic E-state index is 13.5. The van der Waals surface area contributed by atoms with Gasteiger partial charge < -0.3 is 19.5 Å². The molecule has 0 fully saturated rings. The Morgan fingerprint density at radius 3 is 2.58 bits per heavy atom. The van der Waals surface area contributed by atoms with Crippen LogP contribution in [0.2, 0.25) is 5.02 Å². The number of halogens is 2.